The zero-order valence-corrected chi connectivity index (χ0v) is 17.0. The molecule has 136 valence electrons. The molecule has 0 aliphatic rings. The summed E-state index contributed by atoms with van der Waals surface area (Å²) < 4.78 is 5.91. The van der Waals surface area contributed by atoms with Gasteiger partial charge in [0.1, 0.15) is 0 Å². The highest BCUT2D eigenvalue weighted by molar-refractivity contribution is 6.47. The van der Waals surface area contributed by atoms with E-state index in [4.69, 9.17) is 4.65 Å². The highest BCUT2D eigenvalue weighted by Gasteiger charge is 2.35. The lowest BCUT2D eigenvalue weighted by Crippen LogP contribution is -2.49. The molecule has 0 fully saturated rings. The molecule has 0 aliphatic carbocycles. The predicted octanol–water partition coefficient (Wildman–Crippen LogP) is 3.55. The molecule has 0 aliphatic heterocycles. The van der Waals surface area contributed by atoms with Crippen molar-refractivity contribution in [3.63, 3.8) is 0 Å². The lowest BCUT2D eigenvalue weighted by atomic mass is 9.82. The largest absolute Gasteiger partial charge is 0.427 e. The molecule has 1 N–H and O–H groups in total. The van der Waals surface area contributed by atoms with Gasteiger partial charge in [-0.3, -0.25) is 0 Å². The lowest BCUT2D eigenvalue weighted by molar-refractivity contribution is -0.0893. The fourth-order valence-electron chi connectivity index (χ4n) is 2.64. The maximum Gasteiger partial charge on any atom is 0.309 e. The Morgan fingerprint density at radius 3 is 1.92 bits per heavy atom. The van der Waals surface area contributed by atoms with E-state index in [1.807, 2.05) is 38.1 Å². The Kier molecular flexibility index (Phi) is 6.01. The SMILES string of the molecule is Cc1cc(C)c(C#Cc2ccc(BOC(C)(C)C(C)(C)O)cc2)c(C)c1. The van der Waals surface area contributed by atoms with E-state index in [0.717, 1.165) is 16.6 Å². The van der Waals surface area contributed by atoms with Crippen LogP contribution in [0.2, 0.25) is 0 Å². The smallest absolute Gasteiger partial charge is 0.309 e. The zero-order valence-electron chi connectivity index (χ0n) is 17.0. The third-order valence-electron chi connectivity index (χ3n) is 5.04. The van der Waals surface area contributed by atoms with Crippen molar-refractivity contribution in [1.82, 2.24) is 0 Å². The van der Waals surface area contributed by atoms with Crippen molar-refractivity contribution >= 4 is 12.9 Å². The molecule has 0 radical (unpaired) electrons. The lowest BCUT2D eigenvalue weighted by Gasteiger charge is -2.37. The second-order valence-electron chi connectivity index (χ2n) is 8.08. The summed E-state index contributed by atoms with van der Waals surface area (Å²) in [5, 5.41) is 10.2. The van der Waals surface area contributed by atoms with Gasteiger partial charge in [0, 0.05) is 11.1 Å². The Hall–Kier alpha value is -2.02. The van der Waals surface area contributed by atoms with Crippen molar-refractivity contribution in [3.8, 4) is 11.8 Å². The molecule has 0 bridgehead atoms. The Morgan fingerprint density at radius 1 is 0.885 bits per heavy atom. The van der Waals surface area contributed by atoms with Crippen LogP contribution in [0.3, 0.4) is 0 Å². The standard InChI is InChI=1S/C23H29BO2/c1-16-14-17(2)21(18(3)15-16)13-10-19-8-11-20(12-9-19)24-26-23(6,7)22(4,5)25/h8-9,11-12,14-15,24-25H,1-7H3. The number of aliphatic hydroxyl groups is 1. The van der Waals surface area contributed by atoms with Crippen molar-refractivity contribution in [3.05, 3.63) is 64.2 Å². The average Bonchev–Trinajstić information content (AvgIpc) is 2.52. The van der Waals surface area contributed by atoms with Gasteiger partial charge in [-0.2, -0.15) is 0 Å². The van der Waals surface area contributed by atoms with Gasteiger partial charge in [0.05, 0.1) is 11.2 Å². The van der Waals surface area contributed by atoms with Crippen molar-refractivity contribution in [2.45, 2.75) is 59.7 Å². The summed E-state index contributed by atoms with van der Waals surface area (Å²) in [5.41, 5.74) is 5.33. The van der Waals surface area contributed by atoms with E-state index in [1.54, 1.807) is 13.8 Å². The Labute approximate surface area is 158 Å². The summed E-state index contributed by atoms with van der Waals surface area (Å²) in [7, 11) is 0.459. The normalized spacial score (nSPS) is 11.7. The number of benzene rings is 2. The van der Waals surface area contributed by atoms with Gasteiger partial charge < -0.3 is 9.76 Å². The van der Waals surface area contributed by atoms with Crippen LogP contribution in [0.25, 0.3) is 0 Å². The van der Waals surface area contributed by atoms with Crippen LogP contribution in [0.15, 0.2) is 36.4 Å². The fourth-order valence-corrected chi connectivity index (χ4v) is 2.64. The molecule has 0 unspecified atom stereocenters. The molecular weight excluding hydrogens is 319 g/mol. The van der Waals surface area contributed by atoms with Crippen LogP contribution in [0.4, 0.5) is 0 Å². The van der Waals surface area contributed by atoms with Crippen molar-refractivity contribution in [2.75, 3.05) is 0 Å². The minimum Gasteiger partial charge on any atom is -0.427 e. The van der Waals surface area contributed by atoms with Gasteiger partial charge in [-0.15, -0.1) is 0 Å². The van der Waals surface area contributed by atoms with Gasteiger partial charge in [-0.1, -0.05) is 47.1 Å². The third kappa shape index (κ3) is 5.00. The topological polar surface area (TPSA) is 29.5 Å². The van der Waals surface area contributed by atoms with Gasteiger partial charge in [0.15, 0.2) is 0 Å². The van der Waals surface area contributed by atoms with E-state index in [2.05, 4.69) is 44.7 Å². The van der Waals surface area contributed by atoms with Gasteiger partial charge in [0.2, 0.25) is 0 Å². The first kappa shape index (κ1) is 20.3. The van der Waals surface area contributed by atoms with E-state index in [1.165, 1.54) is 16.7 Å². The summed E-state index contributed by atoms with van der Waals surface area (Å²) in [6.45, 7) is 13.7. The molecule has 0 aromatic heterocycles. The molecule has 2 nitrogen and oxygen atoms in total. The predicted molar refractivity (Wildman–Crippen MR) is 111 cm³/mol. The minimum atomic E-state index is -0.901. The number of aryl methyl sites for hydroxylation is 3. The minimum absolute atomic E-state index is 0.459. The van der Waals surface area contributed by atoms with Crippen LogP contribution < -0.4 is 5.46 Å². The van der Waals surface area contributed by atoms with Crippen LogP contribution in [0.5, 0.6) is 0 Å². The molecule has 0 atom stereocenters. The molecule has 0 spiro atoms. The molecule has 3 heteroatoms. The maximum absolute atomic E-state index is 10.2. The molecule has 2 aromatic carbocycles. The average molecular weight is 348 g/mol. The van der Waals surface area contributed by atoms with Crippen LogP contribution in [-0.2, 0) is 4.65 Å². The summed E-state index contributed by atoms with van der Waals surface area (Å²) in [6, 6.07) is 12.4. The Morgan fingerprint density at radius 2 is 1.42 bits per heavy atom. The number of hydrogen-bond donors (Lipinski definition) is 1. The third-order valence-corrected chi connectivity index (χ3v) is 5.04. The van der Waals surface area contributed by atoms with E-state index >= 15 is 0 Å². The molecular formula is C23H29BO2. The molecule has 2 rings (SSSR count). The molecule has 0 saturated heterocycles. The number of hydrogen-bond acceptors (Lipinski definition) is 2. The van der Waals surface area contributed by atoms with Crippen molar-refractivity contribution in [1.29, 1.82) is 0 Å². The van der Waals surface area contributed by atoms with Crippen LogP contribution in [0, 0.1) is 32.6 Å². The highest BCUT2D eigenvalue weighted by atomic mass is 16.5. The molecule has 0 saturated carbocycles. The van der Waals surface area contributed by atoms with Gasteiger partial charge >= 0.3 is 7.48 Å². The molecule has 0 amide bonds. The summed E-state index contributed by atoms with van der Waals surface area (Å²) in [5.74, 6) is 6.56. The van der Waals surface area contributed by atoms with E-state index in [-0.39, 0.29) is 0 Å². The van der Waals surface area contributed by atoms with Gasteiger partial charge in [-0.05, 0) is 71.7 Å². The molecule has 26 heavy (non-hydrogen) atoms. The Balaban J connectivity index is 2.10. The summed E-state index contributed by atoms with van der Waals surface area (Å²) in [6.07, 6.45) is 0. The van der Waals surface area contributed by atoms with Gasteiger partial charge in [0.25, 0.3) is 0 Å². The quantitative estimate of drug-likeness (QED) is 0.676. The second kappa shape index (κ2) is 7.70. The molecule has 2 aromatic rings. The fraction of sp³-hybridized carbons (Fsp3) is 0.391. The van der Waals surface area contributed by atoms with Crippen molar-refractivity contribution < 1.29 is 9.76 Å². The van der Waals surface area contributed by atoms with Crippen LogP contribution in [-0.4, -0.2) is 23.8 Å². The van der Waals surface area contributed by atoms with Crippen LogP contribution in [0.1, 0.15) is 55.5 Å². The first-order chi connectivity index (χ1) is 12.0. The summed E-state index contributed by atoms with van der Waals surface area (Å²) >= 11 is 0. The van der Waals surface area contributed by atoms with E-state index in [0.29, 0.717) is 7.48 Å². The second-order valence-corrected chi connectivity index (χ2v) is 8.08. The Bertz CT molecular complexity index is 808. The van der Waals surface area contributed by atoms with E-state index < -0.39 is 11.2 Å². The molecule has 0 heterocycles. The van der Waals surface area contributed by atoms with Crippen molar-refractivity contribution in [2.24, 2.45) is 0 Å². The number of rotatable bonds is 4. The first-order valence-electron chi connectivity index (χ1n) is 9.05. The first-order valence-corrected chi connectivity index (χ1v) is 9.05. The zero-order chi connectivity index (χ0) is 19.5. The van der Waals surface area contributed by atoms with E-state index in [9.17, 15) is 5.11 Å². The van der Waals surface area contributed by atoms with Gasteiger partial charge in [-0.25, -0.2) is 0 Å². The summed E-state index contributed by atoms with van der Waals surface area (Å²) in [4.78, 5) is 0. The van der Waals surface area contributed by atoms with Crippen LogP contribution >= 0.6 is 0 Å². The maximum atomic E-state index is 10.2. The highest BCUT2D eigenvalue weighted by Crippen LogP contribution is 2.24. The monoisotopic (exact) mass is 348 g/mol.